The Morgan fingerprint density at radius 3 is 2.71 bits per heavy atom. The molecule has 0 spiro atoms. The highest BCUT2D eigenvalue weighted by Crippen LogP contribution is 2.20. The maximum Gasteiger partial charge on any atom is 0.0522 e. The quantitative estimate of drug-likeness (QED) is 0.826. The zero-order valence-corrected chi connectivity index (χ0v) is 11.7. The van der Waals surface area contributed by atoms with Crippen LogP contribution in [0.4, 0.5) is 0 Å². The van der Waals surface area contributed by atoms with Crippen molar-refractivity contribution in [1.29, 1.82) is 0 Å². The van der Waals surface area contributed by atoms with Crippen molar-refractivity contribution in [1.82, 2.24) is 9.78 Å². The van der Waals surface area contributed by atoms with Crippen molar-refractivity contribution in [3.8, 4) is 0 Å². The van der Waals surface area contributed by atoms with Crippen LogP contribution >= 0.6 is 0 Å². The van der Waals surface area contributed by atoms with Crippen molar-refractivity contribution in [2.45, 2.75) is 66.0 Å². The van der Waals surface area contributed by atoms with Gasteiger partial charge in [0.1, 0.15) is 0 Å². The molecule has 0 saturated carbocycles. The molecule has 0 aliphatic rings. The molecule has 2 N–H and O–H groups in total. The van der Waals surface area contributed by atoms with E-state index in [1.165, 1.54) is 18.4 Å². The van der Waals surface area contributed by atoms with Gasteiger partial charge in [0.15, 0.2) is 0 Å². The van der Waals surface area contributed by atoms with E-state index in [-0.39, 0.29) is 6.04 Å². The van der Waals surface area contributed by atoms with E-state index in [0.717, 1.165) is 19.4 Å². The lowest BCUT2D eigenvalue weighted by Gasteiger charge is -2.17. The Bertz CT molecular complexity index is 322. The van der Waals surface area contributed by atoms with Gasteiger partial charge in [0.25, 0.3) is 0 Å². The van der Waals surface area contributed by atoms with Gasteiger partial charge < -0.3 is 5.73 Å². The second-order valence-corrected chi connectivity index (χ2v) is 6.15. The standard InChI is InChI=1S/C14H27N3/c1-5-13(15)9-12-10-16-17(11-12)8-6-7-14(2,3)4/h10-11,13H,5-9,15H2,1-4H3. The van der Waals surface area contributed by atoms with Gasteiger partial charge in [-0.25, -0.2) is 0 Å². The van der Waals surface area contributed by atoms with Crippen molar-refractivity contribution in [2.24, 2.45) is 11.1 Å². The maximum atomic E-state index is 5.93. The molecule has 1 rings (SSSR count). The van der Waals surface area contributed by atoms with Crippen LogP contribution in [0.3, 0.4) is 0 Å². The van der Waals surface area contributed by atoms with Gasteiger partial charge in [-0.05, 0) is 36.7 Å². The Hall–Kier alpha value is -0.830. The van der Waals surface area contributed by atoms with Gasteiger partial charge in [-0.15, -0.1) is 0 Å². The summed E-state index contributed by atoms with van der Waals surface area (Å²) in [5.74, 6) is 0. The largest absolute Gasteiger partial charge is 0.327 e. The summed E-state index contributed by atoms with van der Waals surface area (Å²) in [6, 6.07) is 0.266. The predicted molar refractivity (Wildman–Crippen MR) is 72.9 cm³/mol. The fourth-order valence-electron chi connectivity index (χ4n) is 1.85. The number of hydrogen-bond acceptors (Lipinski definition) is 2. The lowest BCUT2D eigenvalue weighted by Crippen LogP contribution is -2.21. The van der Waals surface area contributed by atoms with Crippen molar-refractivity contribution in [3.05, 3.63) is 18.0 Å². The van der Waals surface area contributed by atoms with E-state index < -0.39 is 0 Å². The van der Waals surface area contributed by atoms with Crippen LogP contribution in [0, 0.1) is 5.41 Å². The molecule has 1 heterocycles. The molecule has 0 aromatic carbocycles. The summed E-state index contributed by atoms with van der Waals surface area (Å²) in [7, 11) is 0. The summed E-state index contributed by atoms with van der Waals surface area (Å²) >= 11 is 0. The van der Waals surface area contributed by atoms with Gasteiger partial charge in [0.2, 0.25) is 0 Å². The summed E-state index contributed by atoms with van der Waals surface area (Å²) in [5, 5.41) is 4.38. The Labute approximate surface area is 105 Å². The first-order valence-corrected chi connectivity index (χ1v) is 6.67. The average Bonchev–Trinajstić information content (AvgIpc) is 2.63. The number of hydrogen-bond donors (Lipinski definition) is 1. The highest BCUT2D eigenvalue weighted by atomic mass is 15.3. The molecule has 1 aromatic rings. The molecule has 98 valence electrons. The third kappa shape index (κ3) is 5.87. The SMILES string of the molecule is CCC(N)Cc1cnn(CCCC(C)(C)C)c1. The van der Waals surface area contributed by atoms with Gasteiger partial charge in [-0.2, -0.15) is 5.10 Å². The van der Waals surface area contributed by atoms with E-state index in [0.29, 0.717) is 5.41 Å². The first-order chi connectivity index (χ1) is 7.90. The average molecular weight is 237 g/mol. The van der Waals surface area contributed by atoms with Crippen molar-refractivity contribution >= 4 is 0 Å². The number of nitrogens with zero attached hydrogens (tertiary/aromatic N) is 2. The van der Waals surface area contributed by atoms with Crippen molar-refractivity contribution in [3.63, 3.8) is 0 Å². The fourth-order valence-corrected chi connectivity index (χ4v) is 1.85. The van der Waals surface area contributed by atoms with E-state index in [2.05, 4.69) is 39.0 Å². The van der Waals surface area contributed by atoms with Crippen LogP contribution in [-0.4, -0.2) is 15.8 Å². The second kappa shape index (κ2) is 6.20. The minimum atomic E-state index is 0.266. The Morgan fingerprint density at radius 1 is 1.41 bits per heavy atom. The van der Waals surface area contributed by atoms with Crippen LogP contribution in [0.5, 0.6) is 0 Å². The van der Waals surface area contributed by atoms with E-state index in [4.69, 9.17) is 5.73 Å². The van der Waals surface area contributed by atoms with Crippen LogP contribution in [-0.2, 0) is 13.0 Å². The van der Waals surface area contributed by atoms with Crippen LogP contribution < -0.4 is 5.73 Å². The van der Waals surface area contributed by atoms with E-state index >= 15 is 0 Å². The van der Waals surface area contributed by atoms with Gasteiger partial charge >= 0.3 is 0 Å². The third-order valence-electron chi connectivity index (χ3n) is 3.02. The molecule has 1 atom stereocenters. The molecule has 3 heteroatoms. The van der Waals surface area contributed by atoms with Crippen LogP contribution in [0.2, 0.25) is 0 Å². The number of rotatable bonds is 6. The maximum absolute atomic E-state index is 5.93. The zero-order chi connectivity index (χ0) is 12.9. The zero-order valence-electron chi connectivity index (χ0n) is 11.7. The molecule has 0 aliphatic heterocycles. The lowest BCUT2D eigenvalue weighted by molar-refractivity contribution is 0.349. The van der Waals surface area contributed by atoms with E-state index in [9.17, 15) is 0 Å². The molecular weight excluding hydrogens is 210 g/mol. The molecule has 3 nitrogen and oxygen atoms in total. The minimum Gasteiger partial charge on any atom is -0.327 e. The summed E-state index contributed by atoms with van der Waals surface area (Å²) in [5.41, 5.74) is 7.61. The molecule has 0 aliphatic carbocycles. The minimum absolute atomic E-state index is 0.266. The molecule has 1 unspecified atom stereocenters. The van der Waals surface area contributed by atoms with Gasteiger partial charge in [-0.3, -0.25) is 4.68 Å². The summed E-state index contributed by atoms with van der Waals surface area (Å²) in [6.07, 6.45) is 8.47. The Kier molecular flexibility index (Phi) is 5.19. The van der Waals surface area contributed by atoms with Crippen molar-refractivity contribution in [2.75, 3.05) is 0 Å². The third-order valence-corrected chi connectivity index (χ3v) is 3.02. The van der Waals surface area contributed by atoms with Crippen LogP contribution in [0.1, 0.15) is 52.5 Å². The molecule has 0 fully saturated rings. The number of aromatic nitrogens is 2. The van der Waals surface area contributed by atoms with Gasteiger partial charge in [0, 0.05) is 18.8 Å². The first kappa shape index (κ1) is 14.2. The summed E-state index contributed by atoms with van der Waals surface area (Å²) in [6.45, 7) is 9.97. The molecule has 0 bridgehead atoms. The van der Waals surface area contributed by atoms with Crippen molar-refractivity contribution < 1.29 is 0 Å². The molecule has 0 amide bonds. The molecular formula is C14H27N3. The monoisotopic (exact) mass is 237 g/mol. The number of aryl methyl sites for hydroxylation is 1. The topological polar surface area (TPSA) is 43.8 Å². The van der Waals surface area contributed by atoms with Crippen LogP contribution in [0.25, 0.3) is 0 Å². The molecule has 0 saturated heterocycles. The summed E-state index contributed by atoms with van der Waals surface area (Å²) in [4.78, 5) is 0. The fraction of sp³-hybridized carbons (Fsp3) is 0.786. The molecule has 0 radical (unpaired) electrons. The predicted octanol–water partition coefficient (Wildman–Crippen LogP) is 2.99. The Balaban J connectivity index is 2.36. The normalized spacial score (nSPS) is 13.9. The van der Waals surface area contributed by atoms with Crippen LogP contribution in [0.15, 0.2) is 12.4 Å². The summed E-state index contributed by atoms with van der Waals surface area (Å²) < 4.78 is 2.05. The Morgan fingerprint density at radius 2 is 2.12 bits per heavy atom. The lowest BCUT2D eigenvalue weighted by atomic mass is 9.91. The highest BCUT2D eigenvalue weighted by molar-refractivity contribution is 5.05. The smallest absolute Gasteiger partial charge is 0.0522 e. The van der Waals surface area contributed by atoms with Gasteiger partial charge in [-0.1, -0.05) is 27.7 Å². The number of nitrogens with two attached hydrogens (primary N) is 1. The molecule has 17 heavy (non-hydrogen) atoms. The van der Waals surface area contributed by atoms with Gasteiger partial charge in [0.05, 0.1) is 6.20 Å². The van der Waals surface area contributed by atoms with E-state index in [1.54, 1.807) is 0 Å². The second-order valence-electron chi connectivity index (χ2n) is 6.15. The van der Waals surface area contributed by atoms with E-state index in [1.807, 2.05) is 10.9 Å². The first-order valence-electron chi connectivity index (χ1n) is 6.67. The highest BCUT2D eigenvalue weighted by Gasteiger charge is 2.09. The molecule has 1 aromatic heterocycles.